The second-order valence-electron chi connectivity index (χ2n) is 6.17. The Balaban J connectivity index is 0.00000176. The van der Waals surface area contributed by atoms with Crippen LogP contribution < -0.4 is 5.32 Å². The highest BCUT2D eigenvalue weighted by Gasteiger charge is 2.36. The average Bonchev–Trinajstić information content (AvgIpc) is 2.51. The molecule has 3 nitrogen and oxygen atoms in total. The third-order valence-electron chi connectivity index (χ3n) is 4.94. The Morgan fingerprint density at radius 2 is 1.82 bits per heavy atom. The average molecular weight is 392 g/mol. The molecule has 0 saturated carbocycles. The molecule has 2 saturated heterocycles. The number of benzene rings is 1. The van der Waals surface area contributed by atoms with Crippen molar-refractivity contribution in [3.63, 3.8) is 0 Å². The van der Waals surface area contributed by atoms with Gasteiger partial charge in [-0.15, -0.1) is 12.4 Å². The number of likely N-dealkylation sites (tertiary alicyclic amines) is 1. The van der Waals surface area contributed by atoms with Crippen molar-refractivity contribution in [1.82, 2.24) is 10.2 Å². The molecule has 2 heterocycles. The molecule has 0 radical (unpaired) electrons. The van der Waals surface area contributed by atoms with Crippen molar-refractivity contribution in [1.29, 1.82) is 0 Å². The lowest BCUT2D eigenvalue weighted by Crippen LogP contribution is -2.47. The molecule has 0 unspecified atom stereocenters. The van der Waals surface area contributed by atoms with Crippen LogP contribution >= 0.6 is 28.3 Å². The maximum atomic E-state index is 13.3. The van der Waals surface area contributed by atoms with Crippen LogP contribution in [-0.2, 0) is 0 Å². The highest BCUT2D eigenvalue weighted by molar-refractivity contribution is 9.10. The van der Waals surface area contributed by atoms with Gasteiger partial charge in [0.1, 0.15) is 5.82 Å². The van der Waals surface area contributed by atoms with Crippen LogP contribution in [0.2, 0.25) is 0 Å². The summed E-state index contributed by atoms with van der Waals surface area (Å²) in [5, 5.41) is 3.41. The number of nitrogens with zero attached hydrogens (tertiary/aromatic N) is 1. The van der Waals surface area contributed by atoms with Gasteiger partial charge in [-0.25, -0.2) is 4.39 Å². The fourth-order valence-corrected chi connectivity index (χ4v) is 3.83. The first-order valence-electron chi connectivity index (χ1n) is 7.55. The van der Waals surface area contributed by atoms with Crippen molar-refractivity contribution in [2.75, 3.05) is 26.2 Å². The van der Waals surface area contributed by atoms with Gasteiger partial charge >= 0.3 is 0 Å². The smallest absolute Gasteiger partial charge is 0.253 e. The summed E-state index contributed by atoms with van der Waals surface area (Å²) in [4.78, 5) is 14.4. The van der Waals surface area contributed by atoms with Crippen LogP contribution in [0.4, 0.5) is 4.39 Å². The molecule has 22 heavy (non-hydrogen) atoms. The summed E-state index contributed by atoms with van der Waals surface area (Å²) in [5.41, 5.74) is 0.996. The molecule has 0 aliphatic carbocycles. The molecule has 0 aromatic heterocycles. The summed E-state index contributed by atoms with van der Waals surface area (Å²) >= 11 is 3.14. The number of halogens is 3. The van der Waals surface area contributed by atoms with Crippen molar-refractivity contribution < 1.29 is 9.18 Å². The molecule has 2 aliphatic heterocycles. The zero-order valence-corrected chi connectivity index (χ0v) is 14.8. The van der Waals surface area contributed by atoms with E-state index in [4.69, 9.17) is 0 Å². The molecule has 1 amide bonds. The number of hydrogen-bond donors (Lipinski definition) is 1. The van der Waals surface area contributed by atoms with Gasteiger partial charge in [-0.1, -0.05) is 0 Å². The van der Waals surface area contributed by atoms with E-state index in [2.05, 4.69) is 21.2 Å². The van der Waals surface area contributed by atoms with E-state index in [1.54, 1.807) is 12.1 Å². The van der Waals surface area contributed by atoms with Crippen LogP contribution in [-0.4, -0.2) is 37.0 Å². The molecule has 1 aromatic carbocycles. The van der Waals surface area contributed by atoms with E-state index in [0.717, 1.165) is 39.0 Å². The van der Waals surface area contributed by atoms with Crippen LogP contribution in [0.15, 0.2) is 22.7 Å². The van der Waals surface area contributed by atoms with Gasteiger partial charge in [-0.2, -0.15) is 0 Å². The Hall–Kier alpha value is -0.650. The molecule has 1 spiro atoms. The molecule has 6 heteroatoms. The van der Waals surface area contributed by atoms with Crippen LogP contribution in [0.25, 0.3) is 0 Å². The van der Waals surface area contributed by atoms with Crippen molar-refractivity contribution in [2.24, 2.45) is 5.41 Å². The maximum Gasteiger partial charge on any atom is 0.253 e. The van der Waals surface area contributed by atoms with Gasteiger partial charge in [0.2, 0.25) is 0 Å². The zero-order valence-electron chi connectivity index (χ0n) is 12.4. The highest BCUT2D eigenvalue weighted by atomic mass is 79.9. The molecular weight excluding hydrogens is 371 g/mol. The number of piperidine rings is 2. The van der Waals surface area contributed by atoms with E-state index < -0.39 is 0 Å². The Morgan fingerprint density at radius 3 is 2.41 bits per heavy atom. The van der Waals surface area contributed by atoms with Gasteiger partial charge in [0.15, 0.2) is 0 Å². The van der Waals surface area contributed by atoms with E-state index in [0.29, 0.717) is 15.5 Å². The lowest BCUT2D eigenvalue weighted by Gasteiger charge is -2.44. The summed E-state index contributed by atoms with van der Waals surface area (Å²) in [6, 6.07) is 4.49. The fourth-order valence-electron chi connectivity index (χ4n) is 3.45. The number of amides is 1. The van der Waals surface area contributed by atoms with Gasteiger partial charge in [0, 0.05) is 18.7 Å². The van der Waals surface area contributed by atoms with E-state index >= 15 is 0 Å². The first-order valence-corrected chi connectivity index (χ1v) is 8.34. The Labute approximate surface area is 145 Å². The quantitative estimate of drug-likeness (QED) is 0.793. The fraction of sp³-hybridized carbons (Fsp3) is 0.562. The number of hydrogen-bond acceptors (Lipinski definition) is 2. The minimum atomic E-state index is -0.334. The Morgan fingerprint density at radius 1 is 1.18 bits per heavy atom. The molecule has 2 aliphatic rings. The number of carbonyl (C=O) groups is 1. The molecule has 2 fully saturated rings. The zero-order chi connectivity index (χ0) is 14.9. The summed E-state index contributed by atoms with van der Waals surface area (Å²) in [6.07, 6.45) is 4.61. The summed E-state index contributed by atoms with van der Waals surface area (Å²) in [6.45, 7) is 3.82. The molecule has 3 rings (SSSR count). The van der Waals surface area contributed by atoms with Crippen molar-refractivity contribution >= 4 is 34.2 Å². The Kier molecular flexibility index (Phi) is 5.86. The lowest BCUT2D eigenvalue weighted by molar-refractivity contribution is 0.0495. The standard InChI is InChI=1S/C16H20BrFN2O.ClH/c17-13-11-12(1-2-14(13)18)15(21)20-9-5-16(6-10-20)3-7-19-8-4-16;/h1-2,11,19H,3-10H2;1H. The van der Waals surface area contributed by atoms with Crippen LogP contribution in [0.3, 0.4) is 0 Å². The molecular formula is C16H21BrClFN2O. The van der Waals surface area contributed by atoms with Crippen molar-refractivity contribution in [3.8, 4) is 0 Å². The summed E-state index contributed by atoms with van der Waals surface area (Å²) in [5.74, 6) is -0.321. The predicted octanol–water partition coefficient (Wildman–Crippen LogP) is 3.62. The Bertz CT molecular complexity index is 539. The van der Waals surface area contributed by atoms with Gasteiger partial charge in [0.05, 0.1) is 4.47 Å². The van der Waals surface area contributed by atoms with Crippen LogP contribution in [0, 0.1) is 11.2 Å². The number of nitrogens with one attached hydrogen (secondary N) is 1. The van der Waals surface area contributed by atoms with Crippen LogP contribution in [0.1, 0.15) is 36.0 Å². The lowest BCUT2D eigenvalue weighted by atomic mass is 9.71. The largest absolute Gasteiger partial charge is 0.339 e. The van der Waals surface area contributed by atoms with E-state index in [1.807, 2.05) is 4.90 Å². The highest BCUT2D eigenvalue weighted by Crippen LogP contribution is 2.39. The molecule has 1 N–H and O–H groups in total. The second kappa shape index (κ2) is 7.28. The minimum absolute atomic E-state index is 0. The number of carbonyl (C=O) groups excluding carboxylic acids is 1. The van der Waals surface area contributed by atoms with Gasteiger partial charge in [-0.05, 0) is 78.3 Å². The third kappa shape index (κ3) is 3.63. The molecule has 0 bridgehead atoms. The van der Waals surface area contributed by atoms with Crippen molar-refractivity contribution in [3.05, 3.63) is 34.1 Å². The molecule has 0 atom stereocenters. The van der Waals surface area contributed by atoms with Crippen LogP contribution in [0.5, 0.6) is 0 Å². The third-order valence-corrected chi connectivity index (χ3v) is 5.55. The van der Waals surface area contributed by atoms with E-state index in [1.165, 1.54) is 18.9 Å². The summed E-state index contributed by atoms with van der Waals surface area (Å²) < 4.78 is 13.6. The number of rotatable bonds is 1. The predicted molar refractivity (Wildman–Crippen MR) is 91.0 cm³/mol. The van der Waals surface area contributed by atoms with Crippen molar-refractivity contribution in [2.45, 2.75) is 25.7 Å². The SMILES string of the molecule is Cl.O=C(c1ccc(F)c(Br)c1)N1CCC2(CCNCC2)CC1. The van der Waals surface area contributed by atoms with Gasteiger partial charge in [-0.3, -0.25) is 4.79 Å². The van der Waals surface area contributed by atoms with E-state index in [9.17, 15) is 9.18 Å². The summed E-state index contributed by atoms with van der Waals surface area (Å²) in [7, 11) is 0. The first-order chi connectivity index (χ1) is 10.1. The molecule has 1 aromatic rings. The van der Waals surface area contributed by atoms with Gasteiger partial charge in [0.25, 0.3) is 5.91 Å². The monoisotopic (exact) mass is 390 g/mol. The topological polar surface area (TPSA) is 32.3 Å². The van der Waals surface area contributed by atoms with Gasteiger partial charge < -0.3 is 10.2 Å². The normalized spacial score (nSPS) is 20.5. The first kappa shape index (κ1) is 17.7. The van der Waals surface area contributed by atoms with E-state index in [-0.39, 0.29) is 24.1 Å². The second-order valence-corrected chi connectivity index (χ2v) is 7.03. The maximum absolute atomic E-state index is 13.3. The minimum Gasteiger partial charge on any atom is -0.339 e. The molecule has 122 valence electrons.